The van der Waals surface area contributed by atoms with Crippen LogP contribution in [0.2, 0.25) is 5.02 Å². The Labute approximate surface area is 181 Å². The largest absolute Gasteiger partial charge is 0.460 e. The molecule has 0 bridgehead atoms. The molecule has 0 spiro atoms. The van der Waals surface area contributed by atoms with E-state index in [1.165, 1.54) is 0 Å². The van der Waals surface area contributed by atoms with Crippen molar-refractivity contribution in [3.63, 3.8) is 0 Å². The van der Waals surface area contributed by atoms with Crippen LogP contribution in [0, 0.1) is 11.3 Å². The van der Waals surface area contributed by atoms with Gasteiger partial charge in [-0.1, -0.05) is 41.9 Å². The molecule has 1 aliphatic heterocycles. The second-order valence-electron chi connectivity index (χ2n) is 7.51. The fourth-order valence-electron chi connectivity index (χ4n) is 3.66. The lowest BCUT2D eigenvalue weighted by Gasteiger charge is -2.35. The number of halogens is 1. The second kappa shape index (κ2) is 9.15. The van der Waals surface area contributed by atoms with Crippen LogP contribution in [0.15, 0.2) is 59.8 Å². The van der Waals surface area contributed by atoms with E-state index in [0.717, 1.165) is 11.1 Å². The predicted molar refractivity (Wildman–Crippen MR) is 114 cm³/mol. The summed E-state index contributed by atoms with van der Waals surface area (Å²) >= 11 is 6.01. The van der Waals surface area contributed by atoms with Crippen molar-refractivity contribution in [1.82, 2.24) is 4.90 Å². The third-order valence-corrected chi connectivity index (χ3v) is 5.38. The minimum atomic E-state index is -0.437. The van der Waals surface area contributed by atoms with E-state index in [2.05, 4.69) is 6.07 Å². The molecular formula is C24H23ClN2O3. The molecule has 0 aliphatic carbocycles. The SMILES string of the molecule is CC1=C(C(=O)OC(C)C)[C@@H](c2ccc(Cl)cc2)CC(=O)N1Cc1ccccc1C#N. The molecule has 0 unspecified atom stereocenters. The van der Waals surface area contributed by atoms with Gasteiger partial charge in [0.1, 0.15) is 0 Å². The molecule has 6 heteroatoms. The second-order valence-corrected chi connectivity index (χ2v) is 7.95. The molecule has 5 nitrogen and oxygen atoms in total. The first-order valence-corrected chi connectivity index (χ1v) is 10.1. The average molecular weight is 423 g/mol. The number of benzene rings is 2. The Morgan fingerprint density at radius 1 is 1.23 bits per heavy atom. The molecule has 0 aromatic heterocycles. The van der Waals surface area contributed by atoms with Crippen LogP contribution >= 0.6 is 11.6 Å². The van der Waals surface area contributed by atoms with Gasteiger partial charge in [-0.3, -0.25) is 4.79 Å². The highest BCUT2D eigenvalue weighted by atomic mass is 35.5. The van der Waals surface area contributed by atoms with Gasteiger partial charge in [-0.25, -0.2) is 4.79 Å². The number of ether oxygens (including phenoxy) is 1. The highest BCUT2D eigenvalue weighted by Crippen LogP contribution is 2.38. The van der Waals surface area contributed by atoms with Crippen molar-refractivity contribution in [3.05, 3.63) is 81.5 Å². The summed E-state index contributed by atoms with van der Waals surface area (Å²) in [5.41, 5.74) is 3.07. The Balaban J connectivity index is 2.06. The van der Waals surface area contributed by atoms with Crippen molar-refractivity contribution >= 4 is 23.5 Å². The zero-order valence-corrected chi connectivity index (χ0v) is 17.9. The molecule has 3 rings (SSSR count). The standard InChI is InChI=1S/C24H23ClN2O3/c1-15(2)30-24(29)23-16(3)27(14-19-7-5-4-6-18(19)13-26)22(28)12-21(23)17-8-10-20(25)11-9-17/h4-11,15,21H,12,14H2,1-3H3/t21-/m1/s1. The lowest BCUT2D eigenvalue weighted by atomic mass is 9.83. The summed E-state index contributed by atoms with van der Waals surface area (Å²) in [6.45, 7) is 5.56. The molecule has 1 heterocycles. The number of esters is 1. The smallest absolute Gasteiger partial charge is 0.336 e. The maximum absolute atomic E-state index is 13.1. The van der Waals surface area contributed by atoms with E-state index in [1.807, 2.05) is 24.3 Å². The fraction of sp³-hybridized carbons (Fsp3) is 0.292. The first-order valence-electron chi connectivity index (χ1n) is 9.77. The van der Waals surface area contributed by atoms with Gasteiger partial charge in [0.05, 0.1) is 29.9 Å². The first kappa shape index (κ1) is 21.6. The van der Waals surface area contributed by atoms with Crippen molar-refractivity contribution in [2.75, 3.05) is 0 Å². The maximum atomic E-state index is 13.1. The Hall–Kier alpha value is -3.10. The van der Waals surface area contributed by atoms with Gasteiger partial charge in [-0.2, -0.15) is 5.26 Å². The predicted octanol–water partition coefficient (Wildman–Crippen LogP) is 4.95. The number of nitrogens with zero attached hydrogens (tertiary/aromatic N) is 2. The van der Waals surface area contributed by atoms with E-state index in [0.29, 0.717) is 21.9 Å². The number of rotatable bonds is 5. The Morgan fingerprint density at radius 2 is 1.90 bits per heavy atom. The third kappa shape index (κ3) is 4.55. The van der Waals surface area contributed by atoms with Crippen molar-refractivity contribution in [2.45, 2.75) is 45.8 Å². The minimum absolute atomic E-state index is 0.110. The van der Waals surface area contributed by atoms with Gasteiger partial charge in [0.2, 0.25) is 5.91 Å². The van der Waals surface area contributed by atoms with E-state index in [-0.39, 0.29) is 25.0 Å². The zero-order chi connectivity index (χ0) is 21.8. The van der Waals surface area contributed by atoms with Crippen LogP contribution in [0.1, 0.15) is 49.8 Å². The molecule has 2 aromatic rings. The van der Waals surface area contributed by atoms with Crippen LogP contribution in [0.3, 0.4) is 0 Å². The number of allylic oxidation sites excluding steroid dienone is 1. The molecule has 1 atom stereocenters. The van der Waals surface area contributed by atoms with Crippen LogP contribution in [0.5, 0.6) is 0 Å². The lowest BCUT2D eigenvalue weighted by molar-refractivity contribution is -0.143. The number of nitriles is 1. The maximum Gasteiger partial charge on any atom is 0.336 e. The van der Waals surface area contributed by atoms with E-state index >= 15 is 0 Å². The molecule has 2 aromatic carbocycles. The minimum Gasteiger partial charge on any atom is -0.460 e. The average Bonchev–Trinajstić information content (AvgIpc) is 2.71. The molecule has 30 heavy (non-hydrogen) atoms. The van der Waals surface area contributed by atoms with Gasteiger partial charge >= 0.3 is 5.97 Å². The number of carbonyl (C=O) groups excluding carboxylic acids is 2. The van der Waals surface area contributed by atoms with Gasteiger partial charge in [-0.15, -0.1) is 0 Å². The number of carbonyl (C=O) groups is 2. The molecule has 0 radical (unpaired) electrons. The molecule has 0 fully saturated rings. The molecule has 154 valence electrons. The third-order valence-electron chi connectivity index (χ3n) is 5.12. The summed E-state index contributed by atoms with van der Waals surface area (Å²) in [6.07, 6.45) is -0.148. The molecule has 1 aliphatic rings. The van der Waals surface area contributed by atoms with E-state index in [9.17, 15) is 14.9 Å². The van der Waals surface area contributed by atoms with Gasteiger partial charge in [-0.05, 0) is 50.1 Å². The fourth-order valence-corrected chi connectivity index (χ4v) is 3.79. The first-order chi connectivity index (χ1) is 14.3. The number of amides is 1. The van der Waals surface area contributed by atoms with Crippen molar-refractivity contribution in [3.8, 4) is 6.07 Å². The normalized spacial score (nSPS) is 16.6. The molecule has 0 saturated heterocycles. The van der Waals surface area contributed by atoms with E-state index in [4.69, 9.17) is 16.3 Å². The van der Waals surface area contributed by atoms with Gasteiger partial charge in [0, 0.05) is 23.1 Å². The van der Waals surface area contributed by atoms with E-state index in [1.54, 1.807) is 49.9 Å². The molecule has 1 amide bonds. The lowest BCUT2D eigenvalue weighted by Crippen LogP contribution is -2.38. The van der Waals surface area contributed by atoms with E-state index < -0.39 is 11.9 Å². The van der Waals surface area contributed by atoms with Crippen molar-refractivity contribution in [1.29, 1.82) is 5.26 Å². The summed E-state index contributed by atoms with van der Waals surface area (Å²) in [6, 6.07) is 16.5. The Morgan fingerprint density at radius 3 is 2.53 bits per heavy atom. The monoisotopic (exact) mass is 422 g/mol. The Kier molecular flexibility index (Phi) is 6.59. The molecular weight excluding hydrogens is 400 g/mol. The van der Waals surface area contributed by atoms with Crippen LogP contribution in [-0.2, 0) is 20.9 Å². The summed E-state index contributed by atoms with van der Waals surface area (Å²) < 4.78 is 5.50. The summed E-state index contributed by atoms with van der Waals surface area (Å²) in [4.78, 5) is 27.7. The van der Waals surface area contributed by atoms with Crippen LogP contribution in [0.4, 0.5) is 0 Å². The highest BCUT2D eigenvalue weighted by molar-refractivity contribution is 6.30. The van der Waals surface area contributed by atoms with Gasteiger partial charge in [0.25, 0.3) is 0 Å². The highest BCUT2D eigenvalue weighted by Gasteiger charge is 2.37. The summed E-state index contributed by atoms with van der Waals surface area (Å²) in [5.74, 6) is -0.960. The van der Waals surface area contributed by atoms with Crippen LogP contribution in [-0.4, -0.2) is 22.9 Å². The number of hydrogen-bond donors (Lipinski definition) is 0. The van der Waals surface area contributed by atoms with Crippen molar-refractivity contribution < 1.29 is 14.3 Å². The molecule has 0 saturated carbocycles. The van der Waals surface area contributed by atoms with Gasteiger partial charge in [0.15, 0.2) is 0 Å². The van der Waals surface area contributed by atoms with Crippen molar-refractivity contribution in [2.24, 2.45) is 0 Å². The summed E-state index contributed by atoms with van der Waals surface area (Å²) in [7, 11) is 0. The van der Waals surface area contributed by atoms with Crippen LogP contribution < -0.4 is 0 Å². The summed E-state index contributed by atoms with van der Waals surface area (Å²) in [5, 5.41) is 9.97. The quantitative estimate of drug-likeness (QED) is 0.639. The number of hydrogen-bond acceptors (Lipinski definition) is 4. The zero-order valence-electron chi connectivity index (χ0n) is 17.2. The van der Waals surface area contributed by atoms with Gasteiger partial charge < -0.3 is 9.64 Å². The topological polar surface area (TPSA) is 70.4 Å². The van der Waals surface area contributed by atoms with Crippen LogP contribution in [0.25, 0.3) is 0 Å². The Bertz CT molecular complexity index is 1040. The molecule has 0 N–H and O–H groups in total.